The van der Waals surface area contributed by atoms with Crippen molar-refractivity contribution in [2.75, 3.05) is 11.6 Å². The number of hydrogen-bond donors (Lipinski definition) is 0. The lowest BCUT2D eigenvalue weighted by Gasteiger charge is -2.26. The Morgan fingerprint density at radius 2 is 1.63 bits per heavy atom. The second-order valence-corrected chi connectivity index (χ2v) is 6.52. The number of nitrogens with zero attached hydrogens (tertiary/aromatic N) is 3. The normalized spacial score (nSPS) is 11.3. The lowest BCUT2D eigenvalue weighted by molar-refractivity contribution is 0.695. The standard InChI is InChI=1S/C24H23N3/c1-2-18-26(22-14-16-25-17-15-22)27-19-21(23-10-6-7-11-24(23)27)13-12-20-8-4-3-5-9-20/h3-17,19H,2,18H2,1H3. The van der Waals surface area contributed by atoms with Crippen molar-refractivity contribution in [3.8, 4) is 0 Å². The van der Waals surface area contributed by atoms with Crippen molar-refractivity contribution in [1.29, 1.82) is 0 Å². The van der Waals surface area contributed by atoms with E-state index in [4.69, 9.17) is 0 Å². The van der Waals surface area contributed by atoms with E-state index in [9.17, 15) is 0 Å². The van der Waals surface area contributed by atoms with E-state index in [2.05, 4.69) is 101 Å². The Kier molecular flexibility index (Phi) is 5.01. The van der Waals surface area contributed by atoms with Crippen LogP contribution in [0.5, 0.6) is 0 Å². The van der Waals surface area contributed by atoms with Crippen LogP contribution in [0.4, 0.5) is 5.69 Å². The highest BCUT2D eigenvalue weighted by Gasteiger charge is 2.13. The highest BCUT2D eigenvalue weighted by atomic mass is 15.5. The summed E-state index contributed by atoms with van der Waals surface area (Å²) in [5.74, 6) is 0. The van der Waals surface area contributed by atoms with Crippen LogP contribution in [0.3, 0.4) is 0 Å². The number of hydrogen-bond acceptors (Lipinski definition) is 2. The molecule has 134 valence electrons. The molecule has 0 unspecified atom stereocenters. The fourth-order valence-corrected chi connectivity index (χ4v) is 3.36. The Bertz CT molecular complexity index is 1030. The fraction of sp³-hybridized carbons (Fsp3) is 0.125. The zero-order chi connectivity index (χ0) is 18.5. The summed E-state index contributed by atoms with van der Waals surface area (Å²) in [6, 6.07) is 23.1. The van der Waals surface area contributed by atoms with Crippen molar-refractivity contribution in [1.82, 2.24) is 9.66 Å². The first-order chi connectivity index (χ1) is 13.4. The van der Waals surface area contributed by atoms with Crippen molar-refractivity contribution in [3.63, 3.8) is 0 Å². The SMILES string of the molecule is CCCN(c1ccncc1)n1cc(C=Cc2ccccc2)c2ccccc21. The fourth-order valence-electron chi connectivity index (χ4n) is 3.36. The van der Waals surface area contributed by atoms with E-state index in [0.717, 1.165) is 18.7 Å². The minimum atomic E-state index is 0.935. The van der Waals surface area contributed by atoms with Gasteiger partial charge in [0.1, 0.15) is 0 Å². The molecule has 2 heterocycles. The third kappa shape index (κ3) is 3.63. The van der Waals surface area contributed by atoms with Crippen LogP contribution in [0.2, 0.25) is 0 Å². The molecule has 0 fully saturated rings. The molecule has 0 saturated heterocycles. The molecule has 0 atom stereocenters. The molecule has 0 bridgehead atoms. The van der Waals surface area contributed by atoms with Crippen LogP contribution in [0, 0.1) is 0 Å². The van der Waals surface area contributed by atoms with Gasteiger partial charge in [-0.3, -0.25) is 14.7 Å². The van der Waals surface area contributed by atoms with Gasteiger partial charge in [-0.2, -0.15) is 0 Å². The van der Waals surface area contributed by atoms with E-state index in [1.165, 1.54) is 22.0 Å². The van der Waals surface area contributed by atoms with Crippen LogP contribution < -0.4 is 5.01 Å². The number of fused-ring (bicyclic) bond motifs is 1. The quantitative estimate of drug-likeness (QED) is 0.431. The molecular formula is C24H23N3. The summed E-state index contributed by atoms with van der Waals surface area (Å²) < 4.78 is 2.26. The van der Waals surface area contributed by atoms with Crippen LogP contribution in [0.15, 0.2) is 85.3 Å². The van der Waals surface area contributed by atoms with E-state index in [-0.39, 0.29) is 0 Å². The minimum absolute atomic E-state index is 0.935. The molecule has 0 radical (unpaired) electrons. The number of aromatic nitrogens is 2. The molecular weight excluding hydrogens is 330 g/mol. The van der Waals surface area contributed by atoms with Crippen molar-refractivity contribution in [2.24, 2.45) is 0 Å². The van der Waals surface area contributed by atoms with Crippen LogP contribution >= 0.6 is 0 Å². The van der Waals surface area contributed by atoms with E-state index in [1.54, 1.807) is 0 Å². The highest BCUT2D eigenvalue weighted by molar-refractivity contribution is 5.92. The molecule has 0 aliphatic rings. The molecule has 0 spiro atoms. The monoisotopic (exact) mass is 353 g/mol. The van der Waals surface area contributed by atoms with Gasteiger partial charge in [0.05, 0.1) is 11.2 Å². The molecule has 3 nitrogen and oxygen atoms in total. The Morgan fingerprint density at radius 1 is 0.889 bits per heavy atom. The third-order valence-electron chi connectivity index (χ3n) is 4.63. The first-order valence-electron chi connectivity index (χ1n) is 9.38. The number of para-hydroxylation sites is 1. The van der Waals surface area contributed by atoms with Gasteiger partial charge in [-0.1, -0.05) is 67.6 Å². The Morgan fingerprint density at radius 3 is 2.41 bits per heavy atom. The molecule has 0 saturated carbocycles. The average molecular weight is 353 g/mol. The third-order valence-corrected chi connectivity index (χ3v) is 4.63. The maximum absolute atomic E-state index is 4.17. The van der Waals surface area contributed by atoms with Gasteiger partial charge in [0.2, 0.25) is 0 Å². The van der Waals surface area contributed by atoms with Gasteiger partial charge < -0.3 is 0 Å². The zero-order valence-corrected chi connectivity index (χ0v) is 15.5. The first-order valence-corrected chi connectivity index (χ1v) is 9.38. The Hall–Kier alpha value is -3.33. The molecule has 0 aliphatic carbocycles. The second kappa shape index (κ2) is 7.92. The minimum Gasteiger partial charge on any atom is -0.281 e. The van der Waals surface area contributed by atoms with Crippen LogP contribution in [0.25, 0.3) is 23.1 Å². The summed E-state index contributed by atoms with van der Waals surface area (Å²) in [5, 5.41) is 3.56. The Labute approximate surface area is 160 Å². The van der Waals surface area contributed by atoms with Gasteiger partial charge >= 0.3 is 0 Å². The predicted molar refractivity (Wildman–Crippen MR) is 115 cm³/mol. The first kappa shape index (κ1) is 17.1. The number of anilines is 1. The number of benzene rings is 2. The molecule has 4 rings (SSSR count). The number of rotatable bonds is 6. The second-order valence-electron chi connectivity index (χ2n) is 6.52. The van der Waals surface area contributed by atoms with Crippen molar-refractivity contribution >= 4 is 28.7 Å². The summed E-state index contributed by atoms with van der Waals surface area (Å²) in [6.07, 6.45) is 11.3. The lowest BCUT2D eigenvalue weighted by Crippen LogP contribution is -2.29. The predicted octanol–water partition coefficient (Wildman–Crippen LogP) is 5.89. The topological polar surface area (TPSA) is 21.1 Å². The lowest BCUT2D eigenvalue weighted by atomic mass is 10.1. The maximum Gasteiger partial charge on any atom is 0.0704 e. The van der Waals surface area contributed by atoms with Gasteiger partial charge in [0.25, 0.3) is 0 Å². The summed E-state index contributed by atoms with van der Waals surface area (Å²) in [6.45, 7) is 3.14. The van der Waals surface area contributed by atoms with Crippen LogP contribution in [-0.4, -0.2) is 16.2 Å². The van der Waals surface area contributed by atoms with Crippen molar-refractivity contribution < 1.29 is 0 Å². The maximum atomic E-state index is 4.17. The molecule has 2 aromatic carbocycles. The highest BCUT2D eigenvalue weighted by Crippen LogP contribution is 2.26. The summed E-state index contributed by atoms with van der Waals surface area (Å²) in [4.78, 5) is 4.17. The molecule has 27 heavy (non-hydrogen) atoms. The Balaban J connectivity index is 1.80. The number of pyridine rings is 1. The molecule has 0 amide bonds. The van der Waals surface area contributed by atoms with E-state index < -0.39 is 0 Å². The summed E-state index contributed by atoms with van der Waals surface area (Å²) in [5.41, 5.74) is 4.76. The average Bonchev–Trinajstić information content (AvgIpc) is 3.10. The smallest absolute Gasteiger partial charge is 0.0704 e. The van der Waals surface area contributed by atoms with Crippen molar-refractivity contribution in [3.05, 3.63) is 96.4 Å². The van der Waals surface area contributed by atoms with Gasteiger partial charge in [0, 0.05) is 36.1 Å². The summed E-state index contributed by atoms with van der Waals surface area (Å²) in [7, 11) is 0. The molecule has 0 aliphatic heterocycles. The molecule has 0 N–H and O–H groups in total. The molecule has 3 heteroatoms. The van der Waals surface area contributed by atoms with E-state index in [1.807, 2.05) is 18.5 Å². The van der Waals surface area contributed by atoms with E-state index in [0.29, 0.717) is 0 Å². The van der Waals surface area contributed by atoms with Gasteiger partial charge in [-0.05, 0) is 30.2 Å². The van der Waals surface area contributed by atoms with Gasteiger partial charge in [-0.15, -0.1) is 0 Å². The van der Waals surface area contributed by atoms with Gasteiger partial charge in [-0.25, -0.2) is 0 Å². The van der Waals surface area contributed by atoms with E-state index >= 15 is 0 Å². The summed E-state index contributed by atoms with van der Waals surface area (Å²) >= 11 is 0. The van der Waals surface area contributed by atoms with Crippen LogP contribution in [0.1, 0.15) is 24.5 Å². The van der Waals surface area contributed by atoms with Crippen molar-refractivity contribution in [2.45, 2.75) is 13.3 Å². The largest absolute Gasteiger partial charge is 0.281 e. The zero-order valence-electron chi connectivity index (χ0n) is 15.5. The van der Waals surface area contributed by atoms with Gasteiger partial charge in [0.15, 0.2) is 0 Å². The van der Waals surface area contributed by atoms with Crippen LogP contribution in [-0.2, 0) is 0 Å². The molecule has 4 aromatic rings. The molecule has 2 aromatic heterocycles.